The van der Waals surface area contributed by atoms with Crippen molar-refractivity contribution >= 4 is 30.1 Å². The van der Waals surface area contributed by atoms with Gasteiger partial charge in [0.15, 0.2) is 11.5 Å². The van der Waals surface area contributed by atoms with E-state index in [0.29, 0.717) is 6.42 Å². The van der Waals surface area contributed by atoms with Gasteiger partial charge in [-0.1, -0.05) is 0 Å². The Kier molecular flexibility index (Phi) is 10.2. The third-order valence-corrected chi connectivity index (χ3v) is 5.22. The van der Waals surface area contributed by atoms with Crippen LogP contribution in [0.3, 0.4) is 0 Å². The predicted octanol–water partition coefficient (Wildman–Crippen LogP) is 2.10. The van der Waals surface area contributed by atoms with Crippen LogP contribution in [-0.2, 0) is 11.3 Å². The Morgan fingerprint density at radius 3 is 2.42 bits per heavy atom. The molecular weight excluding hydrogens is 374 g/mol. The maximum atomic E-state index is 12.3. The van der Waals surface area contributed by atoms with E-state index in [0.717, 1.165) is 55.7 Å². The van der Waals surface area contributed by atoms with Crippen molar-refractivity contribution in [3.63, 3.8) is 0 Å². The highest BCUT2D eigenvalue weighted by Gasteiger charge is 2.17. The Hall–Kier alpha value is -1.15. The normalized spacial score (nSPS) is 14.1. The number of piperazine rings is 1. The van der Waals surface area contributed by atoms with Gasteiger partial charge in [0, 0.05) is 50.6 Å². The molecule has 0 spiro atoms. The monoisotopic (exact) mass is 403 g/mol. The smallest absolute Gasteiger partial charge is 0.223 e. The molecule has 26 heavy (non-hydrogen) atoms. The number of thioether (sulfide) groups is 1. The molecule has 2 rings (SSSR count). The number of carbonyl (C=O) groups is 1. The van der Waals surface area contributed by atoms with Gasteiger partial charge < -0.3 is 24.6 Å². The largest absolute Gasteiger partial charge is 0.493 e. The molecule has 1 fully saturated rings. The number of rotatable bonds is 8. The lowest BCUT2D eigenvalue weighted by molar-refractivity contribution is -0.132. The number of nitrogens with one attached hydrogen (secondary N) is 1. The summed E-state index contributed by atoms with van der Waals surface area (Å²) < 4.78 is 10.8. The van der Waals surface area contributed by atoms with Gasteiger partial charge in [-0.25, -0.2) is 0 Å². The van der Waals surface area contributed by atoms with Crippen molar-refractivity contribution < 1.29 is 14.3 Å². The van der Waals surface area contributed by atoms with Crippen LogP contribution < -0.4 is 14.8 Å². The number of hydrogen-bond donors (Lipinski definition) is 1. The van der Waals surface area contributed by atoms with E-state index in [1.807, 2.05) is 24.1 Å². The Balaban J connectivity index is 0.00000338. The molecule has 1 aliphatic heterocycles. The lowest BCUT2D eigenvalue weighted by Gasteiger charge is -2.28. The second-order valence-corrected chi connectivity index (χ2v) is 6.99. The van der Waals surface area contributed by atoms with Crippen LogP contribution in [0.5, 0.6) is 11.5 Å². The fourth-order valence-corrected chi connectivity index (χ4v) is 3.56. The molecule has 8 heteroatoms. The molecule has 1 heterocycles. The molecule has 0 unspecified atom stereocenters. The zero-order chi connectivity index (χ0) is 18.2. The number of ether oxygens (including phenoxy) is 2. The predicted molar refractivity (Wildman–Crippen MR) is 109 cm³/mol. The number of nitrogens with zero attached hydrogens (tertiary/aromatic N) is 2. The Labute approximate surface area is 167 Å². The Morgan fingerprint density at radius 2 is 1.85 bits per heavy atom. The zero-order valence-electron chi connectivity index (χ0n) is 16.0. The average molecular weight is 404 g/mol. The number of halogens is 1. The van der Waals surface area contributed by atoms with Crippen LogP contribution in [0.25, 0.3) is 0 Å². The fourth-order valence-electron chi connectivity index (χ4n) is 2.94. The van der Waals surface area contributed by atoms with Crippen molar-refractivity contribution in [1.29, 1.82) is 0 Å². The van der Waals surface area contributed by atoms with Crippen LogP contribution in [0.4, 0.5) is 0 Å². The van der Waals surface area contributed by atoms with Gasteiger partial charge in [0.25, 0.3) is 0 Å². The van der Waals surface area contributed by atoms with Gasteiger partial charge >= 0.3 is 0 Å². The number of carbonyl (C=O) groups excluding carboxylic acids is 1. The number of hydrogen-bond acceptors (Lipinski definition) is 6. The maximum Gasteiger partial charge on any atom is 0.223 e. The summed E-state index contributed by atoms with van der Waals surface area (Å²) in [6.45, 7) is 4.93. The van der Waals surface area contributed by atoms with Gasteiger partial charge in [-0.2, -0.15) is 0 Å². The second kappa shape index (κ2) is 11.5. The van der Waals surface area contributed by atoms with Crippen LogP contribution in [0.15, 0.2) is 17.0 Å². The summed E-state index contributed by atoms with van der Waals surface area (Å²) in [6, 6.07) is 4.04. The van der Waals surface area contributed by atoms with E-state index < -0.39 is 0 Å². The minimum Gasteiger partial charge on any atom is -0.493 e. The van der Waals surface area contributed by atoms with E-state index in [2.05, 4.69) is 16.5 Å². The topological polar surface area (TPSA) is 54.0 Å². The summed E-state index contributed by atoms with van der Waals surface area (Å²) in [7, 11) is 5.34. The van der Waals surface area contributed by atoms with E-state index in [1.165, 1.54) is 5.56 Å². The summed E-state index contributed by atoms with van der Waals surface area (Å²) in [6.07, 6.45) is 2.61. The molecule has 1 N–H and O–H groups in total. The molecule has 1 saturated heterocycles. The van der Waals surface area contributed by atoms with Gasteiger partial charge in [-0.3, -0.25) is 4.79 Å². The lowest BCUT2D eigenvalue weighted by Crippen LogP contribution is -2.47. The van der Waals surface area contributed by atoms with E-state index in [9.17, 15) is 4.79 Å². The first-order valence-electron chi connectivity index (χ1n) is 8.55. The van der Waals surface area contributed by atoms with Crippen molar-refractivity contribution in [2.75, 3.05) is 60.2 Å². The van der Waals surface area contributed by atoms with E-state index in [1.54, 1.807) is 26.0 Å². The molecule has 0 bridgehead atoms. The molecule has 1 aromatic rings. The highest BCUT2D eigenvalue weighted by molar-refractivity contribution is 7.98. The molecule has 0 aliphatic carbocycles. The van der Waals surface area contributed by atoms with Crippen molar-refractivity contribution in [3.8, 4) is 11.5 Å². The Morgan fingerprint density at radius 1 is 1.23 bits per heavy atom. The first kappa shape index (κ1) is 22.9. The third-order valence-electron chi connectivity index (χ3n) is 4.40. The van der Waals surface area contributed by atoms with Gasteiger partial charge in [0.1, 0.15) is 0 Å². The van der Waals surface area contributed by atoms with Gasteiger partial charge in [-0.05, 0) is 31.0 Å². The van der Waals surface area contributed by atoms with Crippen LogP contribution in [-0.4, -0.2) is 76.0 Å². The van der Waals surface area contributed by atoms with Crippen LogP contribution in [0.1, 0.15) is 12.0 Å². The van der Waals surface area contributed by atoms with Crippen LogP contribution in [0.2, 0.25) is 0 Å². The van der Waals surface area contributed by atoms with E-state index in [-0.39, 0.29) is 18.3 Å². The third kappa shape index (κ3) is 6.23. The summed E-state index contributed by atoms with van der Waals surface area (Å²) in [5.74, 6) is 1.72. The van der Waals surface area contributed by atoms with Crippen LogP contribution in [0, 0.1) is 0 Å². The fraction of sp³-hybridized carbons (Fsp3) is 0.611. The van der Waals surface area contributed by atoms with Gasteiger partial charge in [0.2, 0.25) is 5.91 Å². The molecule has 0 aromatic heterocycles. The molecule has 148 valence electrons. The summed E-state index contributed by atoms with van der Waals surface area (Å²) in [4.78, 5) is 17.6. The molecule has 0 saturated carbocycles. The number of amides is 1. The van der Waals surface area contributed by atoms with Gasteiger partial charge in [-0.15, -0.1) is 24.2 Å². The minimum absolute atomic E-state index is 0. The molecule has 0 radical (unpaired) electrons. The quantitative estimate of drug-likeness (QED) is 0.671. The van der Waals surface area contributed by atoms with E-state index in [4.69, 9.17) is 9.47 Å². The average Bonchev–Trinajstić information content (AvgIpc) is 2.66. The standard InChI is InChI=1S/C18H29N3O3S.ClH/c1-20(8-5-18(22)21-9-6-19-7-10-21)13-14-11-15(23-2)16(24-3)12-17(14)25-4;/h11-12,19H,5-10,13H2,1-4H3;1H. The summed E-state index contributed by atoms with van der Waals surface area (Å²) in [5.41, 5.74) is 1.18. The van der Waals surface area contributed by atoms with Crippen molar-refractivity contribution in [2.45, 2.75) is 17.9 Å². The molecule has 0 atom stereocenters. The Bertz CT molecular complexity index is 583. The number of methoxy groups -OCH3 is 2. The highest BCUT2D eigenvalue weighted by Crippen LogP contribution is 2.35. The van der Waals surface area contributed by atoms with Gasteiger partial charge in [0.05, 0.1) is 14.2 Å². The van der Waals surface area contributed by atoms with Crippen LogP contribution >= 0.6 is 24.2 Å². The summed E-state index contributed by atoms with van der Waals surface area (Å²) in [5, 5.41) is 3.27. The van der Waals surface area contributed by atoms with Crippen molar-refractivity contribution in [2.24, 2.45) is 0 Å². The molecule has 1 amide bonds. The minimum atomic E-state index is 0. The molecule has 1 aliphatic rings. The SMILES string of the molecule is COc1cc(CN(C)CCC(=O)N2CCNCC2)c(SC)cc1OC.Cl. The zero-order valence-corrected chi connectivity index (χ0v) is 17.7. The molecule has 1 aromatic carbocycles. The van der Waals surface area contributed by atoms with E-state index >= 15 is 0 Å². The number of benzene rings is 1. The second-order valence-electron chi connectivity index (χ2n) is 6.14. The maximum absolute atomic E-state index is 12.3. The molecule has 6 nitrogen and oxygen atoms in total. The van der Waals surface area contributed by atoms with Crippen molar-refractivity contribution in [1.82, 2.24) is 15.1 Å². The first-order chi connectivity index (χ1) is 12.1. The molecular formula is C18H30ClN3O3S. The highest BCUT2D eigenvalue weighted by atomic mass is 35.5. The summed E-state index contributed by atoms with van der Waals surface area (Å²) >= 11 is 1.69. The van der Waals surface area contributed by atoms with Crippen molar-refractivity contribution in [3.05, 3.63) is 17.7 Å². The first-order valence-corrected chi connectivity index (χ1v) is 9.77. The lowest BCUT2D eigenvalue weighted by atomic mass is 10.1.